The molecule has 0 aliphatic rings. The maximum absolute atomic E-state index is 11.2. The summed E-state index contributed by atoms with van der Waals surface area (Å²) in [5.74, 6) is -2.03. The van der Waals surface area contributed by atoms with E-state index < -0.39 is 35.2 Å². The lowest BCUT2D eigenvalue weighted by molar-refractivity contribution is -0.144. The quantitative estimate of drug-likeness (QED) is 0.579. The summed E-state index contributed by atoms with van der Waals surface area (Å²) in [6, 6.07) is 8.53. The molecule has 0 spiro atoms. The molecular formula is C10H11NO7S. The summed E-state index contributed by atoms with van der Waals surface area (Å²) in [6.07, 6.45) is -0.927. The molecule has 0 atom stereocenters. The highest BCUT2D eigenvalue weighted by molar-refractivity contribution is 7.81. The molecule has 0 radical (unpaired) electrons. The van der Waals surface area contributed by atoms with Gasteiger partial charge in [-0.2, -0.15) is 8.42 Å². The van der Waals surface area contributed by atoms with E-state index in [4.69, 9.17) is 4.55 Å². The molecule has 0 aromatic heterocycles. The largest absolute Gasteiger partial charge is 0.448 e. The van der Waals surface area contributed by atoms with Gasteiger partial charge in [-0.1, -0.05) is 18.2 Å². The van der Waals surface area contributed by atoms with Crippen LogP contribution in [0.4, 0.5) is 5.69 Å². The fourth-order valence-electron chi connectivity index (χ4n) is 1.04. The highest BCUT2D eigenvalue weighted by atomic mass is 32.3. The van der Waals surface area contributed by atoms with E-state index in [1.807, 2.05) is 0 Å². The van der Waals surface area contributed by atoms with Crippen LogP contribution < -0.4 is 5.48 Å². The SMILES string of the molecule is O=C(CCC(=O)OS(=O)(=O)O)ONc1ccccc1. The Hall–Kier alpha value is -2.13. The van der Waals surface area contributed by atoms with Gasteiger partial charge in [-0.15, -0.1) is 0 Å². The number of anilines is 1. The van der Waals surface area contributed by atoms with Gasteiger partial charge in [-0.05, 0) is 12.1 Å². The van der Waals surface area contributed by atoms with Crippen molar-refractivity contribution in [3.05, 3.63) is 30.3 Å². The van der Waals surface area contributed by atoms with Crippen molar-refractivity contribution in [3.8, 4) is 0 Å². The van der Waals surface area contributed by atoms with Gasteiger partial charge in [0.25, 0.3) is 0 Å². The first kappa shape index (κ1) is 14.9. The molecule has 1 aromatic carbocycles. The van der Waals surface area contributed by atoms with E-state index in [-0.39, 0.29) is 0 Å². The lowest BCUT2D eigenvalue weighted by Gasteiger charge is -2.05. The molecule has 0 unspecified atom stereocenters. The summed E-state index contributed by atoms with van der Waals surface area (Å²) >= 11 is 0. The Morgan fingerprint density at radius 2 is 1.68 bits per heavy atom. The maximum atomic E-state index is 11.2. The molecule has 0 aliphatic heterocycles. The topological polar surface area (TPSA) is 119 Å². The number of para-hydroxylation sites is 1. The van der Waals surface area contributed by atoms with Gasteiger partial charge < -0.3 is 9.02 Å². The minimum Gasteiger partial charge on any atom is -0.343 e. The average Bonchev–Trinajstić information content (AvgIpc) is 2.33. The normalized spacial score (nSPS) is 10.6. The highest BCUT2D eigenvalue weighted by Gasteiger charge is 2.15. The molecule has 0 bridgehead atoms. The number of rotatable bonds is 6. The van der Waals surface area contributed by atoms with Crippen LogP contribution in [0, 0.1) is 0 Å². The van der Waals surface area contributed by atoms with E-state index in [1.165, 1.54) is 0 Å². The molecule has 1 rings (SSSR count). The number of nitrogens with one attached hydrogen (secondary N) is 1. The predicted molar refractivity (Wildman–Crippen MR) is 63.0 cm³/mol. The van der Waals surface area contributed by atoms with Crippen molar-refractivity contribution >= 4 is 28.0 Å². The molecule has 0 heterocycles. The average molecular weight is 289 g/mol. The fraction of sp³-hybridized carbons (Fsp3) is 0.200. The van der Waals surface area contributed by atoms with Crippen LogP contribution >= 0.6 is 0 Å². The van der Waals surface area contributed by atoms with Crippen LogP contribution in [-0.4, -0.2) is 24.9 Å². The molecule has 0 amide bonds. The van der Waals surface area contributed by atoms with Crippen molar-refractivity contribution in [2.75, 3.05) is 5.48 Å². The number of benzene rings is 1. The third-order valence-electron chi connectivity index (χ3n) is 1.79. The number of hydrogen-bond acceptors (Lipinski definition) is 7. The fourth-order valence-corrected chi connectivity index (χ4v) is 1.35. The minimum atomic E-state index is -4.84. The molecule has 2 N–H and O–H groups in total. The molecule has 0 saturated heterocycles. The van der Waals surface area contributed by atoms with E-state index in [1.54, 1.807) is 30.3 Å². The summed E-state index contributed by atoms with van der Waals surface area (Å²) in [4.78, 5) is 26.6. The van der Waals surface area contributed by atoms with Gasteiger partial charge in [0.2, 0.25) is 0 Å². The van der Waals surface area contributed by atoms with Crippen LogP contribution in [0.15, 0.2) is 30.3 Å². The summed E-state index contributed by atoms with van der Waals surface area (Å²) < 4.78 is 32.2. The van der Waals surface area contributed by atoms with Crippen molar-refractivity contribution in [2.45, 2.75) is 12.8 Å². The van der Waals surface area contributed by atoms with Crippen molar-refractivity contribution in [1.29, 1.82) is 0 Å². The van der Waals surface area contributed by atoms with Crippen molar-refractivity contribution in [3.63, 3.8) is 0 Å². The molecular weight excluding hydrogens is 278 g/mol. The molecule has 0 aliphatic carbocycles. The predicted octanol–water partition coefficient (Wildman–Crippen LogP) is 0.683. The van der Waals surface area contributed by atoms with E-state index in [0.29, 0.717) is 5.69 Å². The van der Waals surface area contributed by atoms with Crippen molar-refractivity contribution < 1.29 is 31.6 Å². The highest BCUT2D eigenvalue weighted by Crippen LogP contribution is 2.06. The Bertz CT molecular complexity index is 540. The summed E-state index contributed by atoms with van der Waals surface area (Å²) in [6.45, 7) is 0. The van der Waals surface area contributed by atoms with Gasteiger partial charge in [0.1, 0.15) is 0 Å². The van der Waals surface area contributed by atoms with Gasteiger partial charge in [-0.3, -0.25) is 9.35 Å². The standard InChI is InChI=1S/C10H11NO7S/c12-9(6-7-10(13)18-19(14,15)16)17-11-8-4-2-1-3-5-8/h1-5,11H,6-7H2,(H,14,15,16). The van der Waals surface area contributed by atoms with E-state index in [2.05, 4.69) is 14.5 Å². The zero-order valence-electron chi connectivity index (χ0n) is 9.61. The third kappa shape index (κ3) is 7.01. The molecule has 104 valence electrons. The number of carbonyl (C=O) groups is 2. The van der Waals surface area contributed by atoms with Gasteiger partial charge in [-0.25, -0.2) is 10.3 Å². The van der Waals surface area contributed by atoms with E-state index in [9.17, 15) is 18.0 Å². The Balaban J connectivity index is 2.27. The first-order valence-corrected chi connectivity index (χ1v) is 6.44. The second-order valence-electron chi connectivity index (χ2n) is 3.33. The molecule has 19 heavy (non-hydrogen) atoms. The molecule has 1 aromatic rings. The Labute approximate surface area is 109 Å². The van der Waals surface area contributed by atoms with Crippen LogP contribution in [0.3, 0.4) is 0 Å². The van der Waals surface area contributed by atoms with Crippen molar-refractivity contribution in [2.24, 2.45) is 0 Å². The van der Waals surface area contributed by atoms with Crippen molar-refractivity contribution in [1.82, 2.24) is 0 Å². The second kappa shape index (κ2) is 6.71. The van der Waals surface area contributed by atoms with Crippen LogP contribution in [0.2, 0.25) is 0 Å². The molecule has 0 fully saturated rings. The summed E-state index contributed by atoms with van der Waals surface area (Å²) in [7, 11) is -4.84. The monoisotopic (exact) mass is 289 g/mol. The van der Waals surface area contributed by atoms with Crippen LogP contribution in [-0.2, 0) is 29.0 Å². The van der Waals surface area contributed by atoms with E-state index >= 15 is 0 Å². The van der Waals surface area contributed by atoms with Crippen LogP contribution in [0.5, 0.6) is 0 Å². The smallest absolute Gasteiger partial charge is 0.343 e. The van der Waals surface area contributed by atoms with Crippen LogP contribution in [0.25, 0.3) is 0 Å². The summed E-state index contributed by atoms with van der Waals surface area (Å²) in [5, 5.41) is 0. The lowest BCUT2D eigenvalue weighted by atomic mass is 10.3. The zero-order valence-corrected chi connectivity index (χ0v) is 10.4. The Kier molecular flexibility index (Phi) is 5.27. The maximum Gasteiger partial charge on any atom is 0.448 e. The van der Waals surface area contributed by atoms with Gasteiger partial charge in [0.05, 0.1) is 18.5 Å². The zero-order chi connectivity index (χ0) is 14.3. The number of carbonyl (C=O) groups excluding carboxylic acids is 2. The third-order valence-corrected chi connectivity index (χ3v) is 2.18. The van der Waals surface area contributed by atoms with Gasteiger partial charge in [0.15, 0.2) is 0 Å². The molecule has 0 saturated carbocycles. The molecule has 9 heteroatoms. The minimum absolute atomic E-state index is 0.395. The Morgan fingerprint density at radius 3 is 2.26 bits per heavy atom. The number of hydrogen-bond donors (Lipinski definition) is 2. The van der Waals surface area contributed by atoms with E-state index in [0.717, 1.165) is 0 Å². The van der Waals surface area contributed by atoms with Gasteiger partial charge in [0, 0.05) is 0 Å². The summed E-state index contributed by atoms with van der Waals surface area (Å²) in [5.41, 5.74) is 2.89. The molecule has 8 nitrogen and oxygen atoms in total. The lowest BCUT2D eigenvalue weighted by Crippen LogP contribution is -2.15. The first-order valence-electron chi connectivity index (χ1n) is 5.07. The Morgan fingerprint density at radius 1 is 1.11 bits per heavy atom. The van der Waals surface area contributed by atoms with Gasteiger partial charge >= 0.3 is 22.3 Å². The second-order valence-corrected chi connectivity index (χ2v) is 4.35. The van der Waals surface area contributed by atoms with Crippen LogP contribution in [0.1, 0.15) is 12.8 Å². The first-order chi connectivity index (χ1) is 8.87.